The molecule has 1 aliphatic heterocycles. The predicted octanol–water partition coefficient (Wildman–Crippen LogP) is 2.54. The topological polar surface area (TPSA) is 59.5 Å². The summed E-state index contributed by atoms with van der Waals surface area (Å²) >= 11 is 0. The Morgan fingerprint density at radius 1 is 1.29 bits per heavy atom. The number of aryl methyl sites for hydroxylation is 2. The number of nitrogens with zero attached hydrogens (tertiary/aromatic N) is 1. The Morgan fingerprint density at radius 2 is 1.95 bits per heavy atom. The largest absolute Gasteiger partial charge is 0.464 e. The Hall–Kier alpha value is -1.81. The second-order valence-corrected chi connectivity index (χ2v) is 6.09. The molecule has 2 heterocycles. The van der Waals surface area contributed by atoms with Crippen LogP contribution in [-0.4, -0.2) is 29.9 Å². The van der Waals surface area contributed by atoms with Crippen molar-refractivity contribution in [2.24, 2.45) is 5.73 Å². The molecule has 4 heteroatoms. The van der Waals surface area contributed by atoms with Crippen molar-refractivity contribution in [2.45, 2.75) is 39.2 Å². The maximum absolute atomic E-state index is 12.4. The lowest BCUT2D eigenvalue weighted by Gasteiger charge is -2.30. The molecule has 0 spiro atoms. The number of amides is 1. The van der Waals surface area contributed by atoms with Gasteiger partial charge in [-0.3, -0.25) is 4.79 Å². The summed E-state index contributed by atoms with van der Waals surface area (Å²) in [5, 5.41) is 1.06. The molecule has 1 aromatic carbocycles. The van der Waals surface area contributed by atoms with Crippen LogP contribution in [0.2, 0.25) is 0 Å². The summed E-state index contributed by atoms with van der Waals surface area (Å²) in [5.41, 5.74) is 10.2. The molecule has 21 heavy (non-hydrogen) atoms. The SMILES string of the molecule is Cc1cc2occ(CC(=O)N3CCC(N)CC3)c2cc1C. The van der Waals surface area contributed by atoms with Gasteiger partial charge in [-0.05, 0) is 49.9 Å². The van der Waals surface area contributed by atoms with Gasteiger partial charge in [-0.2, -0.15) is 0 Å². The third-order valence-corrected chi connectivity index (χ3v) is 4.50. The van der Waals surface area contributed by atoms with Gasteiger partial charge in [-0.15, -0.1) is 0 Å². The number of hydrogen-bond donors (Lipinski definition) is 1. The van der Waals surface area contributed by atoms with Gasteiger partial charge in [0.05, 0.1) is 12.7 Å². The molecule has 3 rings (SSSR count). The first kappa shape index (κ1) is 14.1. The third kappa shape index (κ3) is 2.81. The highest BCUT2D eigenvalue weighted by molar-refractivity contribution is 5.88. The third-order valence-electron chi connectivity index (χ3n) is 4.50. The number of rotatable bonds is 2. The van der Waals surface area contributed by atoms with Gasteiger partial charge in [0, 0.05) is 30.1 Å². The molecule has 4 nitrogen and oxygen atoms in total. The quantitative estimate of drug-likeness (QED) is 0.923. The summed E-state index contributed by atoms with van der Waals surface area (Å²) < 4.78 is 5.60. The molecule has 0 atom stereocenters. The second kappa shape index (κ2) is 5.53. The normalized spacial score (nSPS) is 16.6. The number of carbonyl (C=O) groups is 1. The Labute approximate surface area is 124 Å². The zero-order chi connectivity index (χ0) is 15.0. The minimum Gasteiger partial charge on any atom is -0.464 e. The summed E-state index contributed by atoms with van der Waals surface area (Å²) in [4.78, 5) is 14.3. The molecule has 2 aromatic rings. The first-order valence-electron chi connectivity index (χ1n) is 7.55. The van der Waals surface area contributed by atoms with E-state index in [1.165, 1.54) is 11.1 Å². The van der Waals surface area contributed by atoms with Crippen molar-refractivity contribution in [3.05, 3.63) is 35.1 Å². The maximum atomic E-state index is 12.4. The van der Waals surface area contributed by atoms with Crippen molar-refractivity contribution < 1.29 is 9.21 Å². The van der Waals surface area contributed by atoms with Crippen LogP contribution in [0.3, 0.4) is 0 Å². The molecular formula is C17H22N2O2. The summed E-state index contributed by atoms with van der Waals surface area (Å²) in [7, 11) is 0. The van der Waals surface area contributed by atoms with E-state index in [9.17, 15) is 4.79 Å². The van der Waals surface area contributed by atoms with Crippen LogP contribution < -0.4 is 5.73 Å². The smallest absolute Gasteiger partial charge is 0.227 e. The number of piperidine rings is 1. The zero-order valence-electron chi connectivity index (χ0n) is 12.7. The number of nitrogens with two attached hydrogens (primary N) is 1. The van der Waals surface area contributed by atoms with Crippen molar-refractivity contribution in [3.8, 4) is 0 Å². The molecule has 1 amide bonds. The molecule has 2 N–H and O–H groups in total. The molecule has 0 radical (unpaired) electrons. The van der Waals surface area contributed by atoms with Crippen LogP contribution in [0.15, 0.2) is 22.8 Å². The molecule has 0 bridgehead atoms. The van der Waals surface area contributed by atoms with E-state index in [-0.39, 0.29) is 11.9 Å². The fourth-order valence-electron chi connectivity index (χ4n) is 2.90. The van der Waals surface area contributed by atoms with Crippen LogP contribution in [0.4, 0.5) is 0 Å². The molecule has 0 aliphatic carbocycles. The van der Waals surface area contributed by atoms with Crippen LogP contribution in [0.25, 0.3) is 11.0 Å². The first-order chi connectivity index (χ1) is 10.0. The van der Waals surface area contributed by atoms with E-state index in [0.29, 0.717) is 6.42 Å². The molecule has 112 valence electrons. The molecule has 1 aliphatic rings. The van der Waals surface area contributed by atoms with Crippen molar-refractivity contribution in [1.82, 2.24) is 4.90 Å². The number of carbonyl (C=O) groups excluding carboxylic acids is 1. The summed E-state index contributed by atoms with van der Waals surface area (Å²) in [6.45, 7) is 5.69. The van der Waals surface area contributed by atoms with E-state index in [0.717, 1.165) is 42.5 Å². The number of likely N-dealkylation sites (tertiary alicyclic amines) is 1. The molecule has 1 saturated heterocycles. The minimum absolute atomic E-state index is 0.169. The van der Waals surface area contributed by atoms with Crippen LogP contribution in [0, 0.1) is 13.8 Å². The Morgan fingerprint density at radius 3 is 2.67 bits per heavy atom. The number of hydrogen-bond acceptors (Lipinski definition) is 3. The average molecular weight is 286 g/mol. The number of benzene rings is 1. The highest BCUT2D eigenvalue weighted by atomic mass is 16.3. The van der Waals surface area contributed by atoms with Crippen molar-refractivity contribution in [1.29, 1.82) is 0 Å². The Kier molecular flexibility index (Phi) is 3.72. The van der Waals surface area contributed by atoms with Gasteiger partial charge in [0.2, 0.25) is 5.91 Å². The van der Waals surface area contributed by atoms with Crippen molar-refractivity contribution in [3.63, 3.8) is 0 Å². The van der Waals surface area contributed by atoms with Gasteiger partial charge < -0.3 is 15.1 Å². The monoisotopic (exact) mass is 286 g/mol. The van der Waals surface area contributed by atoms with E-state index in [1.54, 1.807) is 6.26 Å². The Bertz CT molecular complexity index is 667. The van der Waals surface area contributed by atoms with Crippen LogP contribution in [0.1, 0.15) is 29.5 Å². The Balaban J connectivity index is 1.78. The van der Waals surface area contributed by atoms with Crippen molar-refractivity contribution in [2.75, 3.05) is 13.1 Å². The molecule has 1 aromatic heterocycles. The van der Waals surface area contributed by atoms with Gasteiger partial charge >= 0.3 is 0 Å². The van der Waals surface area contributed by atoms with Crippen LogP contribution in [-0.2, 0) is 11.2 Å². The summed E-state index contributed by atoms with van der Waals surface area (Å²) in [5.74, 6) is 0.169. The minimum atomic E-state index is 0.169. The van der Waals surface area contributed by atoms with Gasteiger partial charge in [-0.1, -0.05) is 0 Å². The van der Waals surface area contributed by atoms with Crippen LogP contribution >= 0.6 is 0 Å². The van der Waals surface area contributed by atoms with Gasteiger partial charge in [0.15, 0.2) is 0 Å². The lowest BCUT2D eigenvalue weighted by molar-refractivity contribution is -0.131. The molecular weight excluding hydrogens is 264 g/mol. The lowest BCUT2D eigenvalue weighted by Crippen LogP contribution is -2.43. The van der Waals surface area contributed by atoms with Crippen molar-refractivity contribution >= 4 is 16.9 Å². The first-order valence-corrected chi connectivity index (χ1v) is 7.55. The van der Waals surface area contributed by atoms with E-state index in [4.69, 9.17) is 10.2 Å². The predicted molar refractivity (Wildman–Crippen MR) is 83.2 cm³/mol. The molecule has 0 unspecified atom stereocenters. The van der Waals surface area contributed by atoms with E-state index in [2.05, 4.69) is 19.9 Å². The maximum Gasteiger partial charge on any atom is 0.227 e. The van der Waals surface area contributed by atoms with E-state index >= 15 is 0 Å². The fraction of sp³-hybridized carbons (Fsp3) is 0.471. The number of furan rings is 1. The average Bonchev–Trinajstić information content (AvgIpc) is 2.82. The summed E-state index contributed by atoms with van der Waals surface area (Å²) in [6.07, 6.45) is 3.92. The standard InChI is InChI=1S/C17H22N2O2/c1-11-7-15-13(10-21-16(15)8-12(11)2)9-17(20)19-5-3-14(18)4-6-19/h7-8,10,14H,3-6,9,18H2,1-2H3. The molecule has 1 fully saturated rings. The second-order valence-electron chi connectivity index (χ2n) is 6.09. The lowest BCUT2D eigenvalue weighted by atomic mass is 10.0. The van der Waals surface area contributed by atoms with E-state index < -0.39 is 0 Å². The molecule has 0 saturated carbocycles. The highest BCUT2D eigenvalue weighted by Gasteiger charge is 2.21. The zero-order valence-corrected chi connectivity index (χ0v) is 12.7. The van der Waals surface area contributed by atoms with Crippen LogP contribution in [0.5, 0.6) is 0 Å². The van der Waals surface area contributed by atoms with E-state index in [1.807, 2.05) is 11.0 Å². The van der Waals surface area contributed by atoms with Gasteiger partial charge in [-0.25, -0.2) is 0 Å². The number of fused-ring (bicyclic) bond motifs is 1. The van der Waals surface area contributed by atoms with Gasteiger partial charge in [0.25, 0.3) is 0 Å². The fourth-order valence-corrected chi connectivity index (χ4v) is 2.90. The summed E-state index contributed by atoms with van der Waals surface area (Å²) in [6, 6.07) is 4.40. The van der Waals surface area contributed by atoms with Gasteiger partial charge in [0.1, 0.15) is 5.58 Å². The highest BCUT2D eigenvalue weighted by Crippen LogP contribution is 2.25.